The third kappa shape index (κ3) is 4.96. The van der Waals surface area contributed by atoms with Crippen molar-refractivity contribution in [2.75, 3.05) is 20.2 Å². The van der Waals surface area contributed by atoms with Gasteiger partial charge in [0.05, 0.1) is 17.0 Å². The first-order valence-electron chi connectivity index (χ1n) is 8.73. The highest BCUT2D eigenvalue weighted by Gasteiger charge is 2.17. The van der Waals surface area contributed by atoms with Crippen LogP contribution in [0.4, 0.5) is 0 Å². The zero-order valence-corrected chi connectivity index (χ0v) is 17.0. The molecule has 1 aliphatic heterocycles. The highest BCUT2D eigenvalue weighted by atomic mass is 35.5. The second-order valence-electron chi connectivity index (χ2n) is 6.44. The van der Waals surface area contributed by atoms with E-state index in [0.29, 0.717) is 6.54 Å². The minimum Gasteiger partial charge on any atom is -0.376 e. The van der Waals surface area contributed by atoms with Crippen molar-refractivity contribution in [2.24, 2.45) is 12.0 Å². The van der Waals surface area contributed by atoms with E-state index in [1.807, 2.05) is 37.7 Å². The van der Waals surface area contributed by atoms with Crippen LogP contribution in [-0.2, 0) is 24.9 Å². The Kier molecular flexibility index (Phi) is 6.50. The molecule has 0 aliphatic carbocycles. The van der Waals surface area contributed by atoms with Crippen LogP contribution < -0.4 is 5.32 Å². The molecule has 1 N–H and O–H groups in total. The van der Waals surface area contributed by atoms with Gasteiger partial charge in [0.1, 0.15) is 12.4 Å². The minimum absolute atomic E-state index is 0.252. The molecule has 1 aliphatic rings. The quantitative estimate of drug-likeness (QED) is 0.600. The topological polar surface area (TPSA) is 67.6 Å². The van der Waals surface area contributed by atoms with Gasteiger partial charge in [0.15, 0.2) is 11.8 Å². The van der Waals surface area contributed by atoms with E-state index >= 15 is 0 Å². The van der Waals surface area contributed by atoms with Gasteiger partial charge in [-0.15, -0.1) is 21.5 Å². The molecule has 1 saturated heterocycles. The fourth-order valence-electron chi connectivity index (χ4n) is 2.80. The number of thiophene rings is 1. The van der Waals surface area contributed by atoms with Crippen LogP contribution in [0, 0.1) is 6.92 Å². The molecular formula is C17H25ClN6OS. The van der Waals surface area contributed by atoms with E-state index in [2.05, 4.69) is 20.4 Å². The average molecular weight is 397 g/mol. The number of ether oxygens (including phenoxy) is 1. The Balaban J connectivity index is 1.68. The maximum Gasteiger partial charge on any atom is 0.194 e. The normalized spacial score (nSPS) is 17.7. The van der Waals surface area contributed by atoms with E-state index in [4.69, 9.17) is 21.3 Å². The standard InChI is InChI=1S/C17H25ClN6OS/c1-12-21-22-16(24(12)3)10-20-17(19-9-13-5-4-8-25-13)23(2)11-14-6-7-15(18)26-14/h6-7,13H,4-5,8-11H2,1-3H3,(H,19,20). The molecule has 0 spiro atoms. The monoisotopic (exact) mass is 396 g/mol. The van der Waals surface area contributed by atoms with Crippen LogP contribution in [0.2, 0.25) is 4.34 Å². The van der Waals surface area contributed by atoms with Crippen molar-refractivity contribution in [1.82, 2.24) is 25.0 Å². The van der Waals surface area contributed by atoms with Gasteiger partial charge in [-0.1, -0.05) is 11.6 Å². The van der Waals surface area contributed by atoms with Crippen LogP contribution in [0.15, 0.2) is 17.1 Å². The molecule has 7 nitrogen and oxygen atoms in total. The molecule has 142 valence electrons. The Bertz CT molecular complexity index is 752. The van der Waals surface area contributed by atoms with Crippen molar-refractivity contribution >= 4 is 28.9 Å². The molecule has 0 bridgehead atoms. The van der Waals surface area contributed by atoms with Crippen LogP contribution in [0.25, 0.3) is 0 Å². The van der Waals surface area contributed by atoms with Gasteiger partial charge >= 0.3 is 0 Å². The molecule has 0 radical (unpaired) electrons. The Morgan fingerprint density at radius 2 is 2.35 bits per heavy atom. The summed E-state index contributed by atoms with van der Waals surface area (Å²) in [5, 5.41) is 11.7. The zero-order chi connectivity index (χ0) is 18.5. The Labute approximate surface area is 163 Å². The van der Waals surface area contributed by atoms with Gasteiger partial charge in [-0.3, -0.25) is 0 Å². The Morgan fingerprint density at radius 1 is 1.50 bits per heavy atom. The lowest BCUT2D eigenvalue weighted by Gasteiger charge is -2.23. The third-order valence-electron chi connectivity index (χ3n) is 4.45. The smallest absolute Gasteiger partial charge is 0.194 e. The molecule has 0 aromatic carbocycles. The molecule has 3 heterocycles. The number of aliphatic imine (C=N–C) groups is 1. The summed E-state index contributed by atoms with van der Waals surface area (Å²) in [4.78, 5) is 8.05. The van der Waals surface area contributed by atoms with E-state index in [1.165, 1.54) is 4.88 Å². The van der Waals surface area contributed by atoms with Crippen molar-refractivity contribution in [1.29, 1.82) is 0 Å². The van der Waals surface area contributed by atoms with Crippen molar-refractivity contribution in [3.63, 3.8) is 0 Å². The summed E-state index contributed by atoms with van der Waals surface area (Å²) in [6.07, 6.45) is 2.47. The van der Waals surface area contributed by atoms with Crippen LogP contribution in [-0.4, -0.2) is 51.9 Å². The number of aromatic nitrogens is 3. The second-order valence-corrected chi connectivity index (χ2v) is 8.24. The van der Waals surface area contributed by atoms with Gasteiger partial charge < -0.3 is 19.5 Å². The van der Waals surface area contributed by atoms with Gasteiger partial charge in [-0.05, 0) is 31.9 Å². The van der Waals surface area contributed by atoms with Gasteiger partial charge in [0.2, 0.25) is 0 Å². The molecular weight excluding hydrogens is 372 g/mol. The summed E-state index contributed by atoms with van der Waals surface area (Å²) in [6, 6.07) is 3.97. The fourth-order valence-corrected chi connectivity index (χ4v) is 3.94. The molecule has 1 unspecified atom stereocenters. The summed E-state index contributed by atoms with van der Waals surface area (Å²) in [5.41, 5.74) is 0. The van der Waals surface area contributed by atoms with E-state index in [1.54, 1.807) is 11.3 Å². The van der Waals surface area contributed by atoms with Crippen molar-refractivity contribution in [2.45, 2.75) is 39.0 Å². The average Bonchev–Trinajstić information content (AvgIpc) is 3.33. The first-order valence-corrected chi connectivity index (χ1v) is 9.92. The zero-order valence-electron chi connectivity index (χ0n) is 15.4. The predicted molar refractivity (Wildman–Crippen MR) is 105 cm³/mol. The lowest BCUT2D eigenvalue weighted by Crippen LogP contribution is -2.41. The number of rotatable bonds is 6. The molecule has 0 saturated carbocycles. The number of guanidine groups is 1. The number of nitrogens with one attached hydrogen (secondary N) is 1. The minimum atomic E-state index is 0.252. The van der Waals surface area contributed by atoms with E-state index in [0.717, 1.165) is 54.5 Å². The lowest BCUT2D eigenvalue weighted by atomic mass is 10.2. The summed E-state index contributed by atoms with van der Waals surface area (Å²) < 4.78 is 8.47. The van der Waals surface area contributed by atoms with Crippen molar-refractivity contribution in [3.8, 4) is 0 Å². The Morgan fingerprint density at radius 3 is 2.96 bits per heavy atom. The van der Waals surface area contributed by atoms with E-state index < -0.39 is 0 Å². The van der Waals surface area contributed by atoms with Gasteiger partial charge in [-0.2, -0.15) is 0 Å². The van der Waals surface area contributed by atoms with Crippen LogP contribution in [0.3, 0.4) is 0 Å². The molecule has 9 heteroatoms. The van der Waals surface area contributed by atoms with Crippen LogP contribution in [0.1, 0.15) is 29.4 Å². The summed E-state index contributed by atoms with van der Waals surface area (Å²) in [7, 11) is 3.98. The number of halogens is 1. The lowest BCUT2D eigenvalue weighted by molar-refractivity contribution is 0.113. The molecule has 1 fully saturated rings. The highest BCUT2D eigenvalue weighted by Crippen LogP contribution is 2.22. The summed E-state index contributed by atoms with van der Waals surface area (Å²) in [5.74, 6) is 2.54. The number of aryl methyl sites for hydroxylation is 1. The van der Waals surface area contributed by atoms with Crippen LogP contribution >= 0.6 is 22.9 Å². The summed E-state index contributed by atoms with van der Waals surface area (Å²) in [6.45, 7) is 4.75. The molecule has 0 amide bonds. The SMILES string of the molecule is Cc1nnc(CN=C(NCC2CCCO2)N(C)Cc2ccc(Cl)s2)n1C. The maximum atomic E-state index is 6.05. The van der Waals surface area contributed by atoms with Crippen LogP contribution in [0.5, 0.6) is 0 Å². The van der Waals surface area contributed by atoms with Crippen molar-refractivity contribution in [3.05, 3.63) is 33.0 Å². The van der Waals surface area contributed by atoms with E-state index in [-0.39, 0.29) is 6.10 Å². The predicted octanol–water partition coefficient (Wildman–Crippen LogP) is 2.60. The number of hydrogen-bond donors (Lipinski definition) is 1. The van der Waals surface area contributed by atoms with Gasteiger partial charge in [0, 0.05) is 32.1 Å². The van der Waals surface area contributed by atoms with Crippen molar-refractivity contribution < 1.29 is 4.74 Å². The summed E-state index contributed by atoms with van der Waals surface area (Å²) >= 11 is 7.64. The van der Waals surface area contributed by atoms with E-state index in [9.17, 15) is 0 Å². The first kappa shape index (κ1) is 19.1. The maximum absolute atomic E-state index is 6.05. The fraction of sp³-hybridized carbons (Fsp3) is 0.588. The number of hydrogen-bond acceptors (Lipinski definition) is 5. The molecule has 1 atom stereocenters. The molecule has 2 aromatic rings. The highest BCUT2D eigenvalue weighted by molar-refractivity contribution is 7.16. The van der Waals surface area contributed by atoms with Gasteiger partial charge in [-0.25, -0.2) is 4.99 Å². The largest absolute Gasteiger partial charge is 0.376 e. The number of nitrogens with zero attached hydrogens (tertiary/aromatic N) is 5. The van der Waals surface area contributed by atoms with Gasteiger partial charge in [0.25, 0.3) is 0 Å². The molecule has 3 rings (SSSR count). The molecule has 26 heavy (non-hydrogen) atoms. The third-order valence-corrected chi connectivity index (χ3v) is 5.66. The molecule has 2 aromatic heterocycles. The Hall–Kier alpha value is -1.64. The first-order chi connectivity index (χ1) is 12.5. The second kappa shape index (κ2) is 8.83.